The Morgan fingerprint density at radius 3 is 2.62 bits per heavy atom. The minimum Gasteiger partial charge on any atom is -0.497 e. The Kier molecular flexibility index (Phi) is 5.05. The van der Waals surface area contributed by atoms with Crippen molar-refractivity contribution in [2.75, 3.05) is 24.7 Å². The van der Waals surface area contributed by atoms with Crippen LogP contribution in [0.2, 0.25) is 0 Å². The van der Waals surface area contributed by atoms with Crippen molar-refractivity contribution in [2.24, 2.45) is 0 Å². The van der Waals surface area contributed by atoms with Crippen LogP contribution < -0.4 is 15.8 Å². The van der Waals surface area contributed by atoms with Crippen molar-refractivity contribution in [3.05, 3.63) is 53.6 Å². The lowest BCUT2D eigenvalue weighted by atomic mass is 10.1. The number of nitrogens with one attached hydrogen (secondary N) is 1. The van der Waals surface area contributed by atoms with Crippen LogP contribution in [0.25, 0.3) is 0 Å². The molecular formula is C17H19N3O. The first-order chi connectivity index (χ1) is 10.2. The quantitative estimate of drug-likeness (QED) is 0.798. The van der Waals surface area contributed by atoms with Gasteiger partial charge < -0.3 is 15.8 Å². The predicted molar refractivity (Wildman–Crippen MR) is 85.4 cm³/mol. The molecule has 0 aliphatic heterocycles. The van der Waals surface area contributed by atoms with Gasteiger partial charge in [0.25, 0.3) is 0 Å². The zero-order valence-corrected chi connectivity index (χ0v) is 12.1. The van der Waals surface area contributed by atoms with E-state index in [0.717, 1.165) is 30.0 Å². The highest BCUT2D eigenvalue weighted by Crippen LogP contribution is 2.18. The Hall–Kier alpha value is -2.67. The van der Waals surface area contributed by atoms with Crippen molar-refractivity contribution < 1.29 is 4.74 Å². The Morgan fingerprint density at radius 2 is 1.95 bits per heavy atom. The number of nitrogens with two attached hydrogens (primary N) is 1. The zero-order chi connectivity index (χ0) is 15.1. The summed E-state index contributed by atoms with van der Waals surface area (Å²) >= 11 is 0. The van der Waals surface area contributed by atoms with Gasteiger partial charge in [-0.3, -0.25) is 0 Å². The lowest BCUT2D eigenvalue weighted by Gasteiger charge is -2.09. The second-order valence-electron chi connectivity index (χ2n) is 4.77. The highest BCUT2D eigenvalue weighted by atomic mass is 16.5. The number of hydrogen-bond donors (Lipinski definition) is 2. The fourth-order valence-corrected chi connectivity index (χ4v) is 2.10. The van der Waals surface area contributed by atoms with Crippen LogP contribution in [0.15, 0.2) is 42.5 Å². The zero-order valence-electron chi connectivity index (χ0n) is 12.1. The van der Waals surface area contributed by atoms with Gasteiger partial charge in [-0.05, 0) is 47.9 Å². The summed E-state index contributed by atoms with van der Waals surface area (Å²) in [5, 5.41) is 12.1. The number of rotatable bonds is 6. The maximum Gasteiger partial charge on any atom is 0.118 e. The third-order valence-electron chi connectivity index (χ3n) is 3.31. The maximum atomic E-state index is 8.77. The summed E-state index contributed by atoms with van der Waals surface area (Å²) in [7, 11) is 1.66. The number of hydrogen-bond acceptors (Lipinski definition) is 4. The van der Waals surface area contributed by atoms with Gasteiger partial charge in [0.05, 0.1) is 19.6 Å². The smallest absolute Gasteiger partial charge is 0.118 e. The van der Waals surface area contributed by atoms with Crippen molar-refractivity contribution in [2.45, 2.75) is 12.8 Å². The molecule has 0 saturated carbocycles. The van der Waals surface area contributed by atoms with E-state index in [1.165, 1.54) is 5.56 Å². The average molecular weight is 281 g/mol. The van der Waals surface area contributed by atoms with E-state index in [9.17, 15) is 0 Å². The van der Waals surface area contributed by atoms with E-state index in [4.69, 9.17) is 15.7 Å². The Balaban J connectivity index is 1.90. The Labute approximate surface area is 125 Å². The third kappa shape index (κ3) is 4.15. The second-order valence-corrected chi connectivity index (χ2v) is 4.77. The second kappa shape index (κ2) is 7.20. The molecule has 0 aliphatic carbocycles. The molecular weight excluding hydrogens is 262 g/mol. The largest absolute Gasteiger partial charge is 0.497 e. The minimum absolute atomic E-state index is 0.333. The standard InChI is InChI=1S/C17H19N3O/c1-21-16-5-2-13(3-6-16)9-11-20-15-4-7-17(19)14(12-15)8-10-18/h2-7,12,20H,8-9,11,19H2,1H3. The van der Waals surface area contributed by atoms with Gasteiger partial charge in [0, 0.05) is 17.9 Å². The molecule has 0 bridgehead atoms. The number of ether oxygens (including phenoxy) is 1. The Morgan fingerprint density at radius 1 is 1.19 bits per heavy atom. The normalized spacial score (nSPS) is 9.90. The lowest BCUT2D eigenvalue weighted by Crippen LogP contribution is -2.05. The van der Waals surface area contributed by atoms with Gasteiger partial charge in [0.15, 0.2) is 0 Å². The lowest BCUT2D eigenvalue weighted by molar-refractivity contribution is 0.414. The number of nitrogens with zero attached hydrogens (tertiary/aromatic N) is 1. The van der Waals surface area contributed by atoms with Crippen LogP contribution in [0.4, 0.5) is 11.4 Å². The summed E-state index contributed by atoms with van der Waals surface area (Å²) in [4.78, 5) is 0. The summed E-state index contributed by atoms with van der Waals surface area (Å²) in [6.45, 7) is 0.822. The highest BCUT2D eigenvalue weighted by molar-refractivity contribution is 5.58. The molecule has 0 unspecified atom stereocenters. The van der Waals surface area contributed by atoms with Gasteiger partial charge in [0.2, 0.25) is 0 Å². The first kappa shape index (κ1) is 14.7. The van der Waals surface area contributed by atoms with Gasteiger partial charge in [-0.15, -0.1) is 0 Å². The van der Waals surface area contributed by atoms with E-state index in [1.54, 1.807) is 7.11 Å². The van der Waals surface area contributed by atoms with Gasteiger partial charge in [-0.1, -0.05) is 12.1 Å². The van der Waals surface area contributed by atoms with Gasteiger partial charge in [-0.25, -0.2) is 0 Å². The van der Waals surface area contributed by atoms with E-state index in [2.05, 4.69) is 23.5 Å². The van der Waals surface area contributed by atoms with Gasteiger partial charge >= 0.3 is 0 Å². The monoisotopic (exact) mass is 281 g/mol. The van der Waals surface area contributed by atoms with Crippen molar-refractivity contribution in [3.8, 4) is 11.8 Å². The van der Waals surface area contributed by atoms with Crippen molar-refractivity contribution in [1.82, 2.24) is 0 Å². The number of methoxy groups -OCH3 is 1. The van der Waals surface area contributed by atoms with Crippen LogP contribution in [0.5, 0.6) is 5.75 Å². The highest BCUT2D eigenvalue weighted by Gasteiger charge is 2.01. The molecule has 0 atom stereocenters. The van der Waals surface area contributed by atoms with Crippen LogP contribution in [-0.2, 0) is 12.8 Å². The minimum atomic E-state index is 0.333. The molecule has 108 valence electrons. The van der Waals surface area contributed by atoms with Gasteiger partial charge in [0.1, 0.15) is 5.75 Å². The number of nitrogen functional groups attached to an aromatic ring is 1. The number of nitriles is 1. The van der Waals surface area contributed by atoms with E-state index in [0.29, 0.717) is 12.1 Å². The molecule has 4 heteroatoms. The van der Waals surface area contributed by atoms with Crippen molar-refractivity contribution >= 4 is 11.4 Å². The molecule has 4 nitrogen and oxygen atoms in total. The molecule has 2 aromatic rings. The first-order valence-electron chi connectivity index (χ1n) is 6.85. The average Bonchev–Trinajstić information content (AvgIpc) is 2.51. The van der Waals surface area contributed by atoms with E-state index in [1.807, 2.05) is 30.3 Å². The summed E-state index contributed by atoms with van der Waals surface area (Å²) in [5.41, 5.74) is 9.60. The summed E-state index contributed by atoms with van der Waals surface area (Å²) in [6, 6.07) is 15.9. The predicted octanol–water partition coefficient (Wildman–Crippen LogP) is 3.00. The number of anilines is 2. The van der Waals surface area contributed by atoms with Crippen molar-refractivity contribution in [1.29, 1.82) is 5.26 Å². The van der Waals surface area contributed by atoms with E-state index >= 15 is 0 Å². The SMILES string of the molecule is COc1ccc(CCNc2ccc(N)c(CC#N)c2)cc1. The van der Waals surface area contributed by atoms with Crippen LogP contribution in [0.3, 0.4) is 0 Å². The molecule has 0 radical (unpaired) electrons. The van der Waals surface area contributed by atoms with Crippen LogP contribution in [0.1, 0.15) is 11.1 Å². The van der Waals surface area contributed by atoms with Gasteiger partial charge in [-0.2, -0.15) is 5.26 Å². The molecule has 0 spiro atoms. The molecule has 0 heterocycles. The molecule has 21 heavy (non-hydrogen) atoms. The topological polar surface area (TPSA) is 71.1 Å². The molecule has 0 aromatic heterocycles. The molecule has 3 N–H and O–H groups in total. The number of benzene rings is 2. The molecule has 0 amide bonds. The Bertz CT molecular complexity index is 629. The summed E-state index contributed by atoms with van der Waals surface area (Å²) in [6.07, 6.45) is 1.25. The van der Waals surface area contributed by atoms with Crippen LogP contribution in [0, 0.1) is 11.3 Å². The fraction of sp³-hybridized carbons (Fsp3) is 0.235. The van der Waals surface area contributed by atoms with E-state index < -0.39 is 0 Å². The molecule has 2 rings (SSSR count). The van der Waals surface area contributed by atoms with Crippen LogP contribution in [-0.4, -0.2) is 13.7 Å². The molecule has 0 aliphatic rings. The first-order valence-corrected chi connectivity index (χ1v) is 6.85. The molecule has 0 saturated heterocycles. The van der Waals surface area contributed by atoms with Crippen molar-refractivity contribution in [3.63, 3.8) is 0 Å². The van der Waals surface area contributed by atoms with E-state index in [-0.39, 0.29) is 0 Å². The summed E-state index contributed by atoms with van der Waals surface area (Å²) in [5.74, 6) is 0.867. The third-order valence-corrected chi connectivity index (χ3v) is 3.31. The maximum absolute atomic E-state index is 8.77. The molecule has 2 aromatic carbocycles. The van der Waals surface area contributed by atoms with Crippen LogP contribution >= 0.6 is 0 Å². The fourth-order valence-electron chi connectivity index (χ4n) is 2.10. The summed E-state index contributed by atoms with van der Waals surface area (Å²) < 4.78 is 5.14. The molecule has 0 fully saturated rings.